The fraction of sp³-hybridized carbons (Fsp3) is 0. The van der Waals surface area contributed by atoms with Gasteiger partial charge in [0.05, 0.1) is 0 Å². The highest BCUT2D eigenvalue weighted by Gasteiger charge is 2.12. The molecule has 0 fully saturated rings. The molecular formula is C16H19Cl2N5O. The molecule has 0 aliphatic carbocycles. The lowest BCUT2D eigenvalue weighted by atomic mass is 10.00. The molecule has 0 saturated heterocycles. The molecule has 0 saturated carbocycles. The van der Waals surface area contributed by atoms with Crippen molar-refractivity contribution in [2.24, 2.45) is 11.5 Å². The maximum atomic E-state index is 7.75. The van der Waals surface area contributed by atoms with Crippen LogP contribution in [0.4, 0.5) is 0 Å². The number of amidine groups is 2. The third kappa shape index (κ3) is 3.86. The Labute approximate surface area is 151 Å². The molecule has 0 spiro atoms. The van der Waals surface area contributed by atoms with Crippen molar-refractivity contribution >= 4 is 47.4 Å². The molecular weight excluding hydrogens is 349 g/mol. The van der Waals surface area contributed by atoms with E-state index in [4.69, 9.17) is 22.3 Å². The molecule has 24 heavy (non-hydrogen) atoms. The Bertz CT molecular complexity index is 843. The molecule has 9 N–H and O–H groups in total. The van der Waals surface area contributed by atoms with Crippen LogP contribution in [0.1, 0.15) is 11.1 Å². The van der Waals surface area contributed by atoms with Crippen molar-refractivity contribution in [1.82, 2.24) is 4.98 Å². The number of H-pyrrole nitrogens is 1. The van der Waals surface area contributed by atoms with Crippen LogP contribution in [0.25, 0.3) is 22.2 Å². The summed E-state index contributed by atoms with van der Waals surface area (Å²) in [6.45, 7) is 0. The van der Waals surface area contributed by atoms with Gasteiger partial charge in [0.1, 0.15) is 11.7 Å². The largest absolute Gasteiger partial charge is 0.412 e. The smallest absolute Gasteiger partial charge is 0.123 e. The average Bonchev–Trinajstić information content (AvgIpc) is 2.90. The molecule has 3 aromatic rings. The maximum Gasteiger partial charge on any atom is 0.123 e. The van der Waals surface area contributed by atoms with E-state index in [0.29, 0.717) is 11.1 Å². The van der Waals surface area contributed by atoms with Crippen LogP contribution in [0.15, 0.2) is 48.5 Å². The first-order valence-corrected chi connectivity index (χ1v) is 6.47. The first-order valence-electron chi connectivity index (χ1n) is 6.47. The summed E-state index contributed by atoms with van der Waals surface area (Å²) in [5.74, 6) is -0.0903. The summed E-state index contributed by atoms with van der Waals surface area (Å²) in [4.78, 5) is 3.32. The molecule has 0 bridgehead atoms. The summed E-state index contributed by atoms with van der Waals surface area (Å²) in [7, 11) is 0. The van der Waals surface area contributed by atoms with Gasteiger partial charge in [-0.15, -0.1) is 24.8 Å². The van der Waals surface area contributed by atoms with Gasteiger partial charge in [-0.05, 0) is 18.2 Å². The second-order valence-corrected chi connectivity index (χ2v) is 4.86. The predicted octanol–water partition coefficient (Wildman–Crippen LogP) is 2.42. The van der Waals surface area contributed by atoms with Crippen LogP contribution in [0.5, 0.6) is 0 Å². The van der Waals surface area contributed by atoms with Crippen LogP contribution >= 0.6 is 24.8 Å². The Morgan fingerprint density at radius 2 is 1.54 bits per heavy atom. The summed E-state index contributed by atoms with van der Waals surface area (Å²) in [6.07, 6.45) is 0. The molecule has 0 unspecified atom stereocenters. The van der Waals surface area contributed by atoms with Crippen LogP contribution in [-0.2, 0) is 0 Å². The van der Waals surface area contributed by atoms with Crippen molar-refractivity contribution in [3.8, 4) is 11.3 Å². The topological polar surface area (TPSA) is 147 Å². The minimum absolute atomic E-state index is 0. The van der Waals surface area contributed by atoms with Crippen molar-refractivity contribution in [2.75, 3.05) is 0 Å². The number of para-hydroxylation sites is 1. The summed E-state index contributed by atoms with van der Waals surface area (Å²) < 4.78 is 0. The minimum Gasteiger partial charge on any atom is -0.412 e. The van der Waals surface area contributed by atoms with E-state index in [1.54, 1.807) is 12.1 Å². The number of hydrogen-bond acceptors (Lipinski definition) is 2. The molecule has 0 atom stereocenters. The van der Waals surface area contributed by atoms with Gasteiger partial charge in [-0.2, -0.15) is 0 Å². The third-order valence-corrected chi connectivity index (χ3v) is 3.44. The van der Waals surface area contributed by atoms with Gasteiger partial charge in [-0.25, -0.2) is 0 Å². The Morgan fingerprint density at radius 3 is 2.12 bits per heavy atom. The average molecular weight is 368 g/mol. The van der Waals surface area contributed by atoms with Crippen LogP contribution in [0, 0.1) is 10.8 Å². The highest BCUT2D eigenvalue weighted by Crippen LogP contribution is 2.27. The second-order valence-electron chi connectivity index (χ2n) is 4.86. The van der Waals surface area contributed by atoms with Gasteiger partial charge in [0.15, 0.2) is 0 Å². The summed E-state index contributed by atoms with van der Waals surface area (Å²) in [6, 6.07) is 15.2. The Balaban J connectivity index is 0.00000176. The van der Waals surface area contributed by atoms with Gasteiger partial charge in [0.25, 0.3) is 0 Å². The number of aromatic nitrogens is 1. The molecule has 0 radical (unpaired) electrons. The van der Waals surface area contributed by atoms with Crippen molar-refractivity contribution in [1.29, 1.82) is 10.8 Å². The van der Waals surface area contributed by atoms with Gasteiger partial charge in [-0.1, -0.05) is 30.3 Å². The Morgan fingerprint density at radius 1 is 0.875 bits per heavy atom. The van der Waals surface area contributed by atoms with E-state index < -0.39 is 0 Å². The lowest BCUT2D eigenvalue weighted by Gasteiger charge is -2.09. The van der Waals surface area contributed by atoms with Crippen molar-refractivity contribution in [3.05, 3.63) is 59.7 Å². The van der Waals surface area contributed by atoms with Gasteiger partial charge in [0, 0.05) is 33.3 Å². The van der Waals surface area contributed by atoms with Gasteiger partial charge >= 0.3 is 0 Å². The SMILES string of the molecule is Cl.Cl.N=C(N)c1ccc(-c2cc3ccccc3[nH]2)c(C(=N)N)c1.O. The molecule has 2 aromatic carbocycles. The number of benzene rings is 2. The molecule has 3 rings (SSSR count). The van der Waals surface area contributed by atoms with E-state index in [9.17, 15) is 0 Å². The molecule has 1 heterocycles. The summed E-state index contributed by atoms with van der Waals surface area (Å²) in [5, 5.41) is 16.3. The highest BCUT2D eigenvalue weighted by molar-refractivity contribution is 6.05. The zero-order valence-electron chi connectivity index (χ0n) is 12.6. The van der Waals surface area contributed by atoms with Crippen LogP contribution in [0.2, 0.25) is 0 Å². The number of hydrogen-bond donors (Lipinski definition) is 5. The van der Waals surface area contributed by atoms with Crippen molar-refractivity contribution < 1.29 is 5.48 Å². The fourth-order valence-electron chi connectivity index (χ4n) is 2.39. The Kier molecular flexibility index (Phi) is 7.47. The van der Waals surface area contributed by atoms with E-state index in [-0.39, 0.29) is 42.0 Å². The number of nitrogens with two attached hydrogens (primary N) is 2. The van der Waals surface area contributed by atoms with E-state index in [1.165, 1.54) is 0 Å². The molecule has 8 heteroatoms. The Hall–Kier alpha value is -2.54. The van der Waals surface area contributed by atoms with E-state index in [1.807, 2.05) is 36.4 Å². The normalized spacial score (nSPS) is 9.33. The quantitative estimate of drug-likeness (QED) is 0.357. The fourth-order valence-corrected chi connectivity index (χ4v) is 2.39. The standard InChI is InChI=1S/C16H15N5.2ClH.H2O/c17-15(18)10-5-6-11(12(7-10)16(19)20)14-8-9-3-1-2-4-13(9)21-14;;;/h1-8,21H,(H3,17,18)(H3,19,20);2*1H;1H2. The first-order chi connectivity index (χ1) is 10.1. The van der Waals surface area contributed by atoms with Crippen LogP contribution in [-0.4, -0.2) is 22.1 Å². The van der Waals surface area contributed by atoms with E-state index in [2.05, 4.69) is 4.98 Å². The lowest BCUT2D eigenvalue weighted by molar-refractivity contribution is 0.824. The molecule has 0 aliphatic rings. The summed E-state index contributed by atoms with van der Waals surface area (Å²) >= 11 is 0. The zero-order chi connectivity index (χ0) is 15.0. The number of rotatable bonds is 3. The number of fused-ring (bicyclic) bond motifs is 1. The van der Waals surface area contributed by atoms with E-state index >= 15 is 0 Å². The minimum atomic E-state index is -0.0493. The molecule has 0 amide bonds. The monoisotopic (exact) mass is 367 g/mol. The van der Waals surface area contributed by atoms with Crippen LogP contribution in [0.3, 0.4) is 0 Å². The number of halogens is 2. The first kappa shape index (κ1) is 21.5. The molecule has 128 valence electrons. The van der Waals surface area contributed by atoms with Gasteiger partial charge in [0.2, 0.25) is 0 Å². The van der Waals surface area contributed by atoms with Gasteiger partial charge in [-0.3, -0.25) is 10.8 Å². The van der Waals surface area contributed by atoms with E-state index in [0.717, 1.165) is 22.2 Å². The van der Waals surface area contributed by atoms with Crippen molar-refractivity contribution in [3.63, 3.8) is 0 Å². The van der Waals surface area contributed by atoms with Gasteiger partial charge < -0.3 is 21.9 Å². The highest BCUT2D eigenvalue weighted by atomic mass is 35.5. The van der Waals surface area contributed by atoms with Crippen molar-refractivity contribution in [2.45, 2.75) is 0 Å². The number of nitrogen functional groups attached to an aromatic ring is 2. The number of aromatic amines is 1. The molecule has 1 aromatic heterocycles. The summed E-state index contributed by atoms with van der Waals surface area (Å²) in [5.41, 5.74) is 15.0. The molecule has 6 nitrogen and oxygen atoms in total. The zero-order valence-corrected chi connectivity index (χ0v) is 14.2. The number of nitrogens with one attached hydrogen (secondary N) is 3. The maximum absolute atomic E-state index is 7.75. The lowest BCUT2D eigenvalue weighted by Crippen LogP contribution is -2.16. The molecule has 0 aliphatic heterocycles. The predicted molar refractivity (Wildman–Crippen MR) is 104 cm³/mol. The van der Waals surface area contributed by atoms with Crippen LogP contribution < -0.4 is 11.5 Å². The second kappa shape index (κ2) is 8.35. The third-order valence-electron chi connectivity index (χ3n) is 3.44.